The van der Waals surface area contributed by atoms with Crippen molar-refractivity contribution in [3.05, 3.63) is 105 Å². The van der Waals surface area contributed by atoms with Gasteiger partial charge < -0.3 is 9.47 Å². The molecule has 0 N–H and O–H groups in total. The van der Waals surface area contributed by atoms with Crippen LogP contribution in [0.2, 0.25) is 0 Å². The molecule has 0 saturated carbocycles. The number of aryl methyl sites for hydroxylation is 3. The van der Waals surface area contributed by atoms with Crippen molar-refractivity contribution in [2.24, 2.45) is 0 Å². The maximum atomic E-state index is 13.4. The maximum absolute atomic E-state index is 13.4. The van der Waals surface area contributed by atoms with Crippen LogP contribution in [0.5, 0.6) is 5.75 Å². The second kappa shape index (κ2) is 9.99. The van der Waals surface area contributed by atoms with E-state index in [-0.39, 0.29) is 6.42 Å². The lowest BCUT2D eigenvalue weighted by molar-refractivity contribution is -0.570. The highest BCUT2D eigenvalue weighted by Crippen LogP contribution is 2.50. The normalized spacial score (nSPS) is 21.6. The van der Waals surface area contributed by atoms with Crippen molar-refractivity contribution in [1.82, 2.24) is 0 Å². The summed E-state index contributed by atoms with van der Waals surface area (Å²) >= 11 is 0. The number of methoxy groups -OCH3 is 2. The zero-order chi connectivity index (χ0) is 26.0. The van der Waals surface area contributed by atoms with E-state index < -0.39 is 28.6 Å². The molecule has 188 valence electrons. The molecule has 1 heterocycles. The molecule has 0 aliphatic carbocycles. The number of ether oxygens (including phenoxy) is 2. The first-order valence-corrected chi connectivity index (χ1v) is 11.7. The predicted molar refractivity (Wildman–Crippen MR) is 135 cm³/mol. The minimum Gasteiger partial charge on any atom is -0.497 e. The van der Waals surface area contributed by atoms with Crippen LogP contribution >= 0.6 is 0 Å². The number of esters is 1. The van der Waals surface area contributed by atoms with Gasteiger partial charge in [0.2, 0.25) is 0 Å². The Labute approximate surface area is 210 Å². The van der Waals surface area contributed by atoms with Gasteiger partial charge in [-0.3, -0.25) is 15.0 Å². The quantitative estimate of drug-likeness (QED) is 0.258. The zero-order valence-electron chi connectivity index (χ0n) is 21.1. The number of hydrogen-bond acceptors (Lipinski definition) is 7. The zero-order valence-corrected chi connectivity index (χ0v) is 21.1. The van der Waals surface area contributed by atoms with Crippen molar-refractivity contribution in [3.63, 3.8) is 0 Å². The standard InChI is InChI=1S/C28H30N2O6/c1-18-15-19(2)25(20(3)16-18)24-17-28(30(32)33,27(31)35-5)26(21-11-13-23(34-4)14-12-21)29(36-24)22-9-7-6-8-10-22/h6-16,24,26H,17H2,1-5H3/t24-,26-,28?/m1/s1. The fraction of sp³-hybridized carbons (Fsp3) is 0.321. The molecule has 0 spiro atoms. The van der Waals surface area contributed by atoms with Crippen molar-refractivity contribution in [2.45, 2.75) is 44.9 Å². The van der Waals surface area contributed by atoms with Crippen LogP contribution in [0.1, 0.15) is 46.4 Å². The van der Waals surface area contributed by atoms with Crippen LogP contribution in [-0.2, 0) is 14.4 Å². The lowest BCUT2D eigenvalue weighted by Crippen LogP contribution is -2.61. The molecule has 1 unspecified atom stereocenters. The van der Waals surface area contributed by atoms with Gasteiger partial charge in [0.15, 0.2) is 6.04 Å². The lowest BCUT2D eigenvalue weighted by Gasteiger charge is -2.46. The first kappa shape index (κ1) is 25.2. The smallest absolute Gasteiger partial charge is 0.387 e. The molecular weight excluding hydrogens is 460 g/mol. The van der Waals surface area contributed by atoms with Gasteiger partial charge in [-0.05, 0) is 67.3 Å². The molecule has 0 aromatic heterocycles. The summed E-state index contributed by atoms with van der Waals surface area (Å²) in [7, 11) is 2.72. The highest BCUT2D eigenvalue weighted by molar-refractivity contribution is 5.82. The minimum absolute atomic E-state index is 0.197. The summed E-state index contributed by atoms with van der Waals surface area (Å²) in [5.74, 6) is -0.333. The van der Waals surface area contributed by atoms with Crippen LogP contribution in [0.4, 0.5) is 5.69 Å². The Morgan fingerprint density at radius 3 is 2.17 bits per heavy atom. The number of hydrogen-bond donors (Lipinski definition) is 0. The van der Waals surface area contributed by atoms with Crippen LogP contribution in [0.25, 0.3) is 0 Å². The van der Waals surface area contributed by atoms with Crippen LogP contribution in [-0.4, -0.2) is 30.7 Å². The summed E-state index contributed by atoms with van der Waals surface area (Å²) < 4.78 is 10.4. The van der Waals surface area contributed by atoms with Crippen LogP contribution in [0.15, 0.2) is 66.7 Å². The molecule has 8 nitrogen and oxygen atoms in total. The molecule has 1 aliphatic rings. The van der Waals surface area contributed by atoms with Crippen LogP contribution in [0.3, 0.4) is 0 Å². The van der Waals surface area contributed by atoms with Crippen molar-refractivity contribution in [1.29, 1.82) is 0 Å². The van der Waals surface area contributed by atoms with E-state index in [1.165, 1.54) is 12.2 Å². The second-order valence-corrected chi connectivity index (χ2v) is 9.12. The summed E-state index contributed by atoms with van der Waals surface area (Å²) in [6.07, 6.45) is -0.956. The molecule has 1 aliphatic heterocycles. The number of carbonyl (C=O) groups is 1. The summed E-state index contributed by atoms with van der Waals surface area (Å²) in [5.41, 5.74) is 2.74. The Balaban J connectivity index is 1.98. The van der Waals surface area contributed by atoms with Crippen molar-refractivity contribution >= 4 is 11.7 Å². The molecule has 1 fully saturated rings. The largest absolute Gasteiger partial charge is 0.497 e. The molecular formula is C28H30N2O6. The molecule has 0 amide bonds. The van der Waals surface area contributed by atoms with Gasteiger partial charge in [0, 0.05) is 4.92 Å². The van der Waals surface area contributed by atoms with E-state index in [0.29, 0.717) is 17.0 Å². The summed E-state index contributed by atoms with van der Waals surface area (Å²) in [4.78, 5) is 32.5. The van der Waals surface area contributed by atoms with Crippen LogP contribution < -0.4 is 9.80 Å². The van der Waals surface area contributed by atoms with Gasteiger partial charge in [0.25, 0.3) is 0 Å². The maximum Gasteiger partial charge on any atom is 0.387 e. The number of nitro groups is 1. The topological polar surface area (TPSA) is 91.1 Å². The Hall–Kier alpha value is -3.91. The van der Waals surface area contributed by atoms with Gasteiger partial charge in [-0.2, -0.15) is 0 Å². The van der Waals surface area contributed by atoms with E-state index >= 15 is 0 Å². The average Bonchev–Trinajstić information content (AvgIpc) is 2.87. The Bertz CT molecular complexity index is 1240. The van der Waals surface area contributed by atoms with Gasteiger partial charge in [-0.15, -0.1) is 0 Å². The predicted octanol–water partition coefficient (Wildman–Crippen LogP) is 5.43. The third-order valence-electron chi connectivity index (χ3n) is 6.79. The first-order chi connectivity index (χ1) is 17.2. The van der Waals surface area contributed by atoms with E-state index in [1.54, 1.807) is 43.5 Å². The SMILES string of the molecule is COC(=O)C1([N+](=O)[O-])C[C@H](c2c(C)cc(C)cc2C)ON(c2ccccc2)[C@@H]1c1ccc(OC)cc1. The van der Waals surface area contributed by atoms with Gasteiger partial charge in [-0.1, -0.05) is 48.0 Å². The highest BCUT2D eigenvalue weighted by Gasteiger charge is 2.66. The number of rotatable bonds is 6. The summed E-state index contributed by atoms with van der Waals surface area (Å²) in [6, 6.07) is 18.9. The monoisotopic (exact) mass is 490 g/mol. The van der Waals surface area contributed by atoms with E-state index in [0.717, 1.165) is 22.3 Å². The van der Waals surface area contributed by atoms with Gasteiger partial charge in [0.05, 0.1) is 26.3 Å². The molecule has 36 heavy (non-hydrogen) atoms. The number of nitrogens with zero attached hydrogens (tertiary/aromatic N) is 2. The van der Waals surface area contributed by atoms with Gasteiger partial charge in [0.1, 0.15) is 11.9 Å². The Kier molecular flexibility index (Phi) is 6.99. The number of hydroxylamine groups is 1. The van der Waals surface area contributed by atoms with E-state index in [2.05, 4.69) is 0 Å². The molecule has 0 bridgehead atoms. The molecule has 8 heteroatoms. The molecule has 3 aromatic carbocycles. The number of para-hydroxylation sites is 1. The molecule has 3 atom stereocenters. The minimum atomic E-state index is -2.15. The van der Waals surface area contributed by atoms with E-state index in [9.17, 15) is 14.9 Å². The fourth-order valence-corrected chi connectivity index (χ4v) is 5.28. The van der Waals surface area contributed by atoms with E-state index in [1.807, 2.05) is 51.1 Å². The third kappa shape index (κ3) is 4.28. The first-order valence-electron chi connectivity index (χ1n) is 11.7. The van der Waals surface area contributed by atoms with Crippen LogP contribution in [0, 0.1) is 30.9 Å². The van der Waals surface area contributed by atoms with Crippen molar-refractivity contribution in [2.75, 3.05) is 19.3 Å². The molecule has 3 aromatic rings. The second-order valence-electron chi connectivity index (χ2n) is 9.12. The molecule has 0 radical (unpaired) electrons. The lowest BCUT2D eigenvalue weighted by atomic mass is 9.77. The molecule has 1 saturated heterocycles. The van der Waals surface area contributed by atoms with Crippen molar-refractivity contribution in [3.8, 4) is 5.75 Å². The number of benzene rings is 3. The number of carbonyl (C=O) groups excluding carboxylic acids is 1. The van der Waals surface area contributed by atoms with Gasteiger partial charge >= 0.3 is 11.5 Å². The average molecular weight is 491 g/mol. The summed E-state index contributed by atoms with van der Waals surface area (Å²) in [6.45, 7) is 5.90. The van der Waals surface area contributed by atoms with Gasteiger partial charge in [-0.25, -0.2) is 9.86 Å². The number of anilines is 1. The Morgan fingerprint density at radius 1 is 1.03 bits per heavy atom. The fourth-order valence-electron chi connectivity index (χ4n) is 5.28. The summed E-state index contributed by atoms with van der Waals surface area (Å²) in [5, 5.41) is 14.5. The molecule has 4 rings (SSSR count). The van der Waals surface area contributed by atoms with E-state index in [4.69, 9.17) is 14.3 Å². The highest BCUT2D eigenvalue weighted by atomic mass is 16.7. The van der Waals surface area contributed by atoms with Crippen molar-refractivity contribution < 1.29 is 24.0 Å². The third-order valence-corrected chi connectivity index (χ3v) is 6.79. The Morgan fingerprint density at radius 2 is 1.64 bits per heavy atom.